The molecule has 2 aliphatic heterocycles. The van der Waals surface area contributed by atoms with Crippen LogP contribution in [0.1, 0.15) is 36.1 Å². The predicted molar refractivity (Wildman–Crippen MR) is 120 cm³/mol. The highest BCUT2D eigenvalue weighted by Crippen LogP contribution is 2.56. The second kappa shape index (κ2) is 7.65. The van der Waals surface area contributed by atoms with Crippen LogP contribution in [-0.2, 0) is 22.4 Å². The molecule has 3 N–H and O–H groups in total. The Hall–Kier alpha value is -2.35. The van der Waals surface area contributed by atoms with Crippen LogP contribution < -0.4 is 5.73 Å². The number of hydrogen-bond donors (Lipinski definition) is 2. The van der Waals surface area contributed by atoms with Gasteiger partial charge in [0.05, 0.1) is 11.9 Å². The van der Waals surface area contributed by atoms with Crippen molar-refractivity contribution in [3.05, 3.63) is 71.3 Å². The summed E-state index contributed by atoms with van der Waals surface area (Å²) in [5.41, 5.74) is 9.64. The second-order valence-corrected chi connectivity index (χ2v) is 10.2. The van der Waals surface area contributed by atoms with Crippen molar-refractivity contribution in [2.24, 2.45) is 5.73 Å². The SMILES string of the molecule is CC12SCN(C(=O)[C@@H](O)[C@@H](N)Cc3ccccc3)[C@@H]1C(=O)N2[C@H]1CCc2ccccc21. The molecular weight excluding hydrogens is 410 g/mol. The molecule has 1 aliphatic carbocycles. The van der Waals surface area contributed by atoms with Crippen LogP contribution in [0.25, 0.3) is 0 Å². The maximum absolute atomic E-state index is 13.2. The van der Waals surface area contributed by atoms with E-state index in [1.165, 1.54) is 16.0 Å². The number of β-lactam (4-membered cyclic amide) rings is 1. The van der Waals surface area contributed by atoms with E-state index in [2.05, 4.69) is 12.1 Å². The van der Waals surface area contributed by atoms with E-state index >= 15 is 0 Å². The van der Waals surface area contributed by atoms with Crippen LogP contribution >= 0.6 is 11.8 Å². The van der Waals surface area contributed by atoms with Crippen molar-refractivity contribution in [3.8, 4) is 0 Å². The predicted octanol–water partition coefficient (Wildman–Crippen LogP) is 2.06. The Labute approximate surface area is 186 Å². The molecular formula is C24H27N3O3S. The maximum atomic E-state index is 13.2. The number of carbonyl (C=O) groups excluding carboxylic acids is 2. The fraction of sp³-hybridized carbons (Fsp3) is 0.417. The molecule has 2 heterocycles. The number of aliphatic hydroxyl groups is 1. The zero-order chi connectivity index (χ0) is 21.8. The van der Waals surface area contributed by atoms with E-state index in [4.69, 9.17) is 5.73 Å². The minimum Gasteiger partial charge on any atom is -0.382 e. The number of benzene rings is 2. The first-order valence-corrected chi connectivity index (χ1v) is 11.7. The number of amides is 2. The molecule has 3 aliphatic rings. The molecule has 2 saturated heterocycles. The van der Waals surface area contributed by atoms with E-state index in [1.807, 2.05) is 54.3 Å². The fourth-order valence-electron chi connectivity index (χ4n) is 5.30. The average Bonchev–Trinajstić information content (AvgIpc) is 3.33. The second-order valence-electron chi connectivity index (χ2n) is 8.80. The average molecular weight is 438 g/mol. The molecule has 1 unspecified atom stereocenters. The lowest BCUT2D eigenvalue weighted by atomic mass is 9.89. The number of hydrogen-bond acceptors (Lipinski definition) is 5. The number of aryl methyl sites for hydroxylation is 1. The van der Waals surface area contributed by atoms with Crippen LogP contribution in [0.2, 0.25) is 0 Å². The Morgan fingerprint density at radius 3 is 2.71 bits per heavy atom. The summed E-state index contributed by atoms with van der Waals surface area (Å²) in [6.45, 7) is 2.04. The molecule has 0 spiro atoms. The highest BCUT2D eigenvalue weighted by Gasteiger charge is 2.67. The van der Waals surface area contributed by atoms with Gasteiger partial charge in [-0.3, -0.25) is 9.59 Å². The van der Waals surface area contributed by atoms with Crippen molar-refractivity contribution in [1.82, 2.24) is 9.80 Å². The van der Waals surface area contributed by atoms with Gasteiger partial charge in [-0.1, -0.05) is 54.6 Å². The van der Waals surface area contributed by atoms with Gasteiger partial charge >= 0.3 is 0 Å². The van der Waals surface area contributed by atoms with Gasteiger partial charge in [-0.05, 0) is 42.9 Å². The van der Waals surface area contributed by atoms with Gasteiger partial charge in [-0.15, -0.1) is 11.8 Å². The van der Waals surface area contributed by atoms with Gasteiger partial charge < -0.3 is 20.6 Å². The highest BCUT2D eigenvalue weighted by atomic mass is 32.2. The van der Waals surface area contributed by atoms with Crippen LogP contribution in [0.4, 0.5) is 0 Å². The van der Waals surface area contributed by atoms with Crippen LogP contribution in [0.5, 0.6) is 0 Å². The highest BCUT2D eigenvalue weighted by molar-refractivity contribution is 8.01. The lowest BCUT2D eigenvalue weighted by molar-refractivity contribution is -0.171. The zero-order valence-electron chi connectivity index (χ0n) is 17.5. The summed E-state index contributed by atoms with van der Waals surface area (Å²) < 4.78 is 0. The summed E-state index contributed by atoms with van der Waals surface area (Å²) >= 11 is 1.60. The Morgan fingerprint density at radius 1 is 1.23 bits per heavy atom. The number of nitrogens with two attached hydrogens (primary N) is 1. The first-order valence-electron chi connectivity index (χ1n) is 10.7. The molecule has 162 valence electrons. The number of likely N-dealkylation sites (tertiary alicyclic amines) is 1. The topological polar surface area (TPSA) is 86.9 Å². The molecule has 2 amide bonds. The molecule has 0 bridgehead atoms. The van der Waals surface area contributed by atoms with Gasteiger partial charge in [0.15, 0.2) is 0 Å². The molecule has 2 aromatic rings. The van der Waals surface area contributed by atoms with Gasteiger partial charge in [0.25, 0.3) is 5.91 Å². The zero-order valence-corrected chi connectivity index (χ0v) is 18.3. The van der Waals surface area contributed by atoms with Gasteiger partial charge in [0.1, 0.15) is 17.0 Å². The quantitative estimate of drug-likeness (QED) is 0.700. The van der Waals surface area contributed by atoms with Crippen molar-refractivity contribution in [2.75, 3.05) is 5.88 Å². The van der Waals surface area contributed by atoms with E-state index in [0.717, 1.165) is 18.4 Å². The summed E-state index contributed by atoms with van der Waals surface area (Å²) in [7, 11) is 0. The Balaban J connectivity index is 1.30. The largest absolute Gasteiger partial charge is 0.382 e. The van der Waals surface area contributed by atoms with E-state index in [0.29, 0.717) is 12.3 Å². The van der Waals surface area contributed by atoms with Crippen LogP contribution in [0.3, 0.4) is 0 Å². The molecule has 2 fully saturated rings. The lowest BCUT2D eigenvalue weighted by Crippen LogP contribution is -2.74. The molecule has 2 aromatic carbocycles. The molecule has 0 radical (unpaired) electrons. The van der Waals surface area contributed by atoms with E-state index in [1.54, 1.807) is 11.8 Å². The van der Waals surface area contributed by atoms with Crippen LogP contribution in [0, 0.1) is 0 Å². The van der Waals surface area contributed by atoms with Gasteiger partial charge in [-0.25, -0.2) is 0 Å². The Bertz CT molecular complexity index is 1020. The normalized spacial score (nSPS) is 28.7. The van der Waals surface area contributed by atoms with E-state index in [-0.39, 0.29) is 11.9 Å². The minimum absolute atomic E-state index is 0.0358. The molecule has 5 rings (SSSR count). The monoisotopic (exact) mass is 437 g/mol. The standard InChI is InChI=1S/C24H27N3O3S/c1-24-21(23(30)27(24)19-12-11-16-9-5-6-10-17(16)19)26(14-31-24)22(29)20(28)18(25)13-15-7-3-2-4-8-15/h2-10,18-21,28H,11-14,25H2,1H3/t18-,19-,20-,21+,24?/m0/s1. The van der Waals surface area contributed by atoms with Crippen LogP contribution in [0.15, 0.2) is 54.6 Å². The molecule has 0 saturated carbocycles. The van der Waals surface area contributed by atoms with E-state index in [9.17, 15) is 14.7 Å². The third kappa shape index (κ3) is 3.18. The van der Waals surface area contributed by atoms with Crippen molar-refractivity contribution < 1.29 is 14.7 Å². The van der Waals surface area contributed by atoms with E-state index < -0.39 is 29.0 Å². The number of thioether (sulfide) groups is 1. The summed E-state index contributed by atoms with van der Waals surface area (Å²) in [6.07, 6.45) is 0.936. The first-order chi connectivity index (χ1) is 14.9. The smallest absolute Gasteiger partial charge is 0.254 e. The Kier molecular flexibility index (Phi) is 5.07. The van der Waals surface area contributed by atoms with Gasteiger partial charge in [-0.2, -0.15) is 0 Å². The Morgan fingerprint density at radius 2 is 1.94 bits per heavy atom. The summed E-state index contributed by atoms with van der Waals surface area (Å²) in [4.78, 5) is 29.4. The molecule has 6 nitrogen and oxygen atoms in total. The molecule has 7 heteroatoms. The van der Waals surface area contributed by atoms with Crippen LogP contribution in [-0.4, -0.2) is 55.7 Å². The minimum atomic E-state index is -1.34. The summed E-state index contributed by atoms with van der Waals surface area (Å²) in [5, 5.41) is 10.7. The molecule has 5 atom stereocenters. The number of fused-ring (bicyclic) bond motifs is 2. The maximum Gasteiger partial charge on any atom is 0.254 e. The molecule has 31 heavy (non-hydrogen) atoms. The van der Waals surface area contributed by atoms with Crippen molar-refractivity contribution in [2.45, 2.75) is 55.3 Å². The number of aliphatic hydroxyl groups excluding tert-OH is 1. The van der Waals surface area contributed by atoms with Gasteiger partial charge in [0, 0.05) is 6.04 Å². The van der Waals surface area contributed by atoms with Gasteiger partial charge in [0.2, 0.25) is 5.91 Å². The van der Waals surface area contributed by atoms with Crippen molar-refractivity contribution >= 4 is 23.6 Å². The lowest BCUT2D eigenvalue weighted by Gasteiger charge is -2.55. The fourth-order valence-corrected chi connectivity index (χ4v) is 6.72. The van der Waals surface area contributed by atoms with Crippen molar-refractivity contribution in [3.63, 3.8) is 0 Å². The van der Waals surface area contributed by atoms with Crippen molar-refractivity contribution in [1.29, 1.82) is 0 Å². The summed E-state index contributed by atoms with van der Waals surface area (Å²) in [6, 6.07) is 16.6. The summed E-state index contributed by atoms with van der Waals surface area (Å²) in [5.74, 6) is -0.109. The first kappa shape index (κ1) is 20.5. The third-order valence-corrected chi connectivity index (χ3v) is 8.34. The number of carbonyl (C=O) groups is 2. The number of rotatable bonds is 5. The number of nitrogens with zero attached hydrogens (tertiary/aromatic N) is 2. The molecule has 0 aromatic heterocycles. The third-order valence-electron chi connectivity index (χ3n) is 6.93.